The van der Waals surface area contributed by atoms with Crippen LogP contribution in [0.2, 0.25) is 0 Å². The highest BCUT2D eigenvalue weighted by atomic mass is 16.5. The van der Waals surface area contributed by atoms with Gasteiger partial charge in [0.05, 0.1) is 12.0 Å². The van der Waals surface area contributed by atoms with E-state index in [4.69, 9.17) is 4.74 Å². The highest BCUT2D eigenvalue weighted by Gasteiger charge is 2.44. The normalized spacial score (nSPS) is 21.8. The Bertz CT molecular complexity index is 478. The summed E-state index contributed by atoms with van der Waals surface area (Å²) in [5, 5.41) is 9.66. The van der Waals surface area contributed by atoms with E-state index >= 15 is 0 Å². The van der Waals surface area contributed by atoms with Crippen molar-refractivity contribution in [2.45, 2.75) is 31.6 Å². The summed E-state index contributed by atoms with van der Waals surface area (Å²) in [6, 6.07) is 7.44. The summed E-state index contributed by atoms with van der Waals surface area (Å²) >= 11 is 0. The SMILES string of the molecule is C=C(C)CCC1(C(=O)O)CCOc2ccccc21. The largest absolute Gasteiger partial charge is 0.493 e. The number of fused-ring (bicyclic) bond motifs is 1. The fourth-order valence-corrected chi connectivity index (χ4v) is 2.47. The third-order valence-electron chi connectivity index (χ3n) is 3.58. The molecule has 1 aliphatic heterocycles. The Kier molecular flexibility index (Phi) is 3.41. The molecule has 1 N–H and O–H groups in total. The first-order chi connectivity index (χ1) is 8.56. The highest BCUT2D eigenvalue weighted by molar-refractivity contribution is 5.83. The average Bonchev–Trinajstić information content (AvgIpc) is 2.36. The van der Waals surface area contributed by atoms with Gasteiger partial charge in [0.2, 0.25) is 0 Å². The second-order valence-electron chi connectivity index (χ2n) is 4.94. The fourth-order valence-electron chi connectivity index (χ4n) is 2.47. The summed E-state index contributed by atoms with van der Waals surface area (Å²) < 4.78 is 5.55. The van der Waals surface area contributed by atoms with Crippen molar-refractivity contribution < 1.29 is 14.6 Å². The molecule has 3 nitrogen and oxygen atoms in total. The molecule has 0 aromatic heterocycles. The maximum absolute atomic E-state index is 11.8. The average molecular weight is 246 g/mol. The van der Waals surface area contributed by atoms with Gasteiger partial charge < -0.3 is 9.84 Å². The second kappa shape index (κ2) is 4.84. The summed E-state index contributed by atoms with van der Waals surface area (Å²) in [6.45, 7) is 6.25. The molecule has 1 atom stereocenters. The minimum atomic E-state index is -0.826. The van der Waals surface area contributed by atoms with Crippen LogP contribution in [-0.2, 0) is 10.2 Å². The van der Waals surface area contributed by atoms with Crippen LogP contribution < -0.4 is 4.74 Å². The maximum Gasteiger partial charge on any atom is 0.314 e. The monoisotopic (exact) mass is 246 g/mol. The van der Waals surface area contributed by atoms with Gasteiger partial charge in [-0.25, -0.2) is 0 Å². The third-order valence-corrected chi connectivity index (χ3v) is 3.58. The smallest absolute Gasteiger partial charge is 0.314 e. The molecule has 3 heteroatoms. The zero-order valence-electron chi connectivity index (χ0n) is 10.6. The molecule has 1 unspecified atom stereocenters. The van der Waals surface area contributed by atoms with Crippen LogP contribution in [0.25, 0.3) is 0 Å². The molecule has 0 saturated heterocycles. The van der Waals surface area contributed by atoms with Crippen molar-refractivity contribution >= 4 is 5.97 Å². The molecule has 0 saturated carbocycles. The molecule has 1 aromatic carbocycles. The predicted molar refractivity (Wildman–Crippen MR) is 69.9 cm³/mol. The van der Waals surface area contributed by atoms with Crippen molar-refractivity contribution in [2.75, 3.05) is 6.61 Å². The Morgan fingerprint density at radius 3 is 2.89 bits per heavy atom. The van der Waals surface area contributed by atoms with E-state index in [9.17, 15) is 9.90 Å². The van der Waals surface area contributed by atoms with Crippen LogP contribution in [0.4, 0.5) is 0 Å². The number of ether oxygens (including phenoxy) is 1. The number of aliphatic carboxylic acids is 1. The van der Waals surface area contributed by atoms with Crippen LogP contribution in [0.15, 0.2) is 36.4 Å². The van der Waals surface area contributed by atoms with Gasteiger partial charge in [0.25, 0.3) is 0 Å². The summed E-state index contributed by atoms with van der Waals surface area (Å²) in [7, 11) is 0. The maximum atomic E-state index is 11.8. The summed E-state index contributed by atoms with van der Waals surface area (Å²) in [6.07, 6.45) is 1.82. The second-order valence-corrected chi connectivity index (χ2v) is 4.94. The lowest BCUT2D eigenvalue weighted by atomic mass is 9.72. The molecule has 18 heavy (non-hydrogen) atoms. The fraction of sp³-hybridized carbons (Fsp3) is 0.400. The van der Waals surface area contributed by atoms with E-state index in [-0.39, 0.29) is 0 Å². The first kappa shape index (κ1) is 12.7. The van der Waals surface area contributed by atoms with Crippen molar-refractivity contribution in [3.05, 3.63) is 42.0 Å². The summed E-state index contributed by atoms with van der Waals surface area (Å²) in [4.78, 5) is 11.8. The molecule has 0 spiro atoms. The third kappa shape index (κ3) is 2.13. The lowest BCUT2D eigenvalue weighted by molar-refractivity contribution is -0.145. The number of rotatable bonds is 4. The van der Waals surface area contributed by atoms with Gasteiger partial charge in [-0.3, -0.25) is 4.79 Å². The summed E-state index contributed by atoms with van der Waals surface area (Å²) in [5.74, 6) is -0.0626. The van der Waals surface area contributed by atoms with Crippen molar-refractivity contribution in [3.8, 4) is 5.75 Å². The first-order valence-corrected chi connectivity index (χ1v) is 6.16. The quantitative estimate of drug-likeness (QED) is 0.830. The van der Waals surface area contributed by atoms with E-state index in [0.717, 1.165) is 17.6 Å². The van der Waals surface area contributed by atoms with Crippen molar-refractivity contribution in [3.63, 3.8) is 0 Å². The molecule has 1 aliphatic rings. The number of carboxylic acids is 1. The Morgan fingerprint density at radius 2 is 2.22 bits per heavy atom. The van der Waals surface area contributed by atoms with Crippen molar-refractivity contribution in [1.82, 2.24) is 0 Å². The van der Waals surface area contributed by atoms with Crippen molar-refractivity contribution in [1.29, 1.82) is 0 Å². The van der Waals surface area contributed by atoms with Crippen LogP contribution in [-0.4, -0.2) is 17.7 Å². The minimum absolute atomic E-state index is 0.458. The van der Waals surface area contributed by atoms with Crippen molar-refractivity contribution in [2.24, 2.45) is 0 Å². The molecule has 0 aliphatic carbocycles. The zero-order valence-corrected chi connectivity index (χ0v) is 10.6. The standard InChI is InChI=1S/C15H18O3/c1-11(2)7-8-15(14(16)17)9-10-18-13-6-4-3-5-12(13)15/h3-6H,1,7-10H2,2H3,(H,16,17). The first-order valence-electron chi connectivity index (χ1n) is 6.16. The van der Waals surface area contributed by atoms with Gasteiger partial charge in [-0.1, -0.05) is 23.8 Å². The van der Waals surface area contributed by atoms with Crippen LogP contribution in [0.3, 0.4) is 0 Å². The number of para-hydroxylation sites is 1. The molecule has 0 amide bonds. The zero-order chi connectivity index (χ0) is 13.2. The van der Waals surface area contributed by atoms with Gasteiger partial charge >= 0.3 is 5.97 Å². The molecule has 0 fully saturated rings. The van der Waals surface area contributed by atoms with Gasteiger partial charge in [-0.05, 0) is 25.8 Å². The highest BCUT2D eigenvalue weighted by Crippen LogP contribution is 2.42. The number of hydrogen-bond acceptors (Lipinski definition) is 2. The van der Waals surface area contributed by atoms with E-state index in [1.165, 1.54) is 0 Å². The van der Waals surface area contributed by atoms with E-state index in [1.54, 1.807) is 0 Å². The summed E-state index contributed by atoms with van der Waals surface area (Å²) in [5.41, 5.74) is 0.984. The van der Waals surface area contributed by atoms with Crippen LogP contribution in [0.5, 0.6) is 5.75 Å². The van der Waals surface area contributed by atoms with E-state index in [1.807, 2.05) is 31.2 Å². The molecule has 2 rings (SSSR count). The number of benzene rings is 1. The van der Waals surface area contributed by atoms with Gasteiger partial charge in [-0.2, -0.15) is 0 Å². The number of carbonyl (C=O) groups is 1. The molecule has 0 radical (unpaired) electrons. The predicted octanol–water partition coefficient (Wildman–Crippen LogP) is 3.15. The van der Waals surface area contributed by atoms with E-state index in [2.05, 4.69) is 6.58 Å². The molecule has 96 valence electrons. The Morgan fingerprint density at radius 1 is 1.50 bits per heavy atom. The Balaban J connectivity index is 2.42. The molecule has 1 heterocycles. The topological polar surface area (TPSA) is 46.5 Å². The minimum Gasteiger partial charge on any atom is -0.493 e. The Hall–Kier alpha value is -1.77. The Labute approximate surface area is 107 Å². The number of allylic oxidation sites excluding steroid dienone is 1. The van der Waals surface area contributed by atoms with Gasteiger partial charge in [-0.15, -0.1) is 6.58 Å². The van der Waals surface area contributed by atoms with Crippen LogP contribution in [0, 0.1) is 0 Å². The van der Waals surface area contributed by atoms with Gasteiger partial charge in [0, 0.05) is 12.0 Å². The lowest BCUT2D eigenvalue weighted by Crippen LogP contribution is -2.40. The number of hydrogen-bond donors (Lipinski definition) is 1. The molecule has 0 bridgehead atoms. The molecular weight excluding hydrogens is 228 g/mol. The molecular formula is C15H18O3. The van der Waals surface area contributed by atoms with E-state index < -0.39 is 11.4 Å². The lowest BCUT2D eigenvalue weighted by Gasteiger charge is -2.35. The van der Waals surface area contributed by atoms with Crippen LogP contribution in [0.1, 0.15) is 31.7 Å². The number of carboxylic acid groups (broad SMARTS) is 1. The van der Waals surface area contributed by atoms with E-state index in [0.29, 0.717) is 25.2 Å². The van der Waals surface area contributed by atoms with Gasteiger partial charge in [0.15, 0.2) is 0 Å². The molecule has 1 aromatic rings. The van der Waals surface area contributed by atoms with Gasteiger partial charge in [0.1, 0.15) is 5.75 Å². The van der Waals surface area contributed by atoms with Crippen LogP contribution >= 0.6 is 0 Å².